The highest BCUT2D eigenvalue weighted by molar-refractivity contribution is 7.87. The van der Waals surface area contributed by atoms with Gasteiger partial charge in [-0.1, -0.05) is 35.9 Å². The Hall–Kier alpha value is -3.53. The topological polar surface area (TPSA) is 103 Å². The monoisotopic (exact) mass is 548 g/mol. The van der Waals surface area contributed by atoms with Gasteiger partial charge < -0.3 is 13.7 Å². The van der Waals surface area contributed by atoms with Crippen LogP contribution in [0.2, 0.25) is 10.0 Å². The molecule has 11 heteroatoms. The molecule has 1 amide bonds. The number of hydrazone groups is 1. The van der Waals surface area contributed by atoms with E-state index in [-0.39, 0.29) is 28.4 Å². The maximum atomic E-state index is 12.7. The number of halogens is 2. The second-order valence-corrected chi connectivity index (χ2v) is 9.49. The first kappa shape index (κ1) is 27.1. The number of benzene rings is 3. The molecule has 1 N–H and O–H groups in total. The summed E-state index contributed by atoms with van der Waals surface area (Å²) in [4.78, 5) is 12.5. The summed E-state index contributed by atoms with van der Waals surface area (Å²) in [6.45, 7) is 6.08. The Morgan fingerprint density at radius 3 is 2.36 bits per heavy atom. The van der Waals surface area contributed by atoms with Gasteiger partial charge in [0, 0.05) is 21.2 Å². The van der Waals surface area contributed by atoms with Crippen LogP contribution in [0.25, 0.3) is 0 Å². The maximum absolute atomic E-state index is 12.7. The van der Waals surface area contributed by atoms with Crippen LogP contribution in [0.4, 0.5) is 0 Å². The minimum Gasteiger partial charge on any atom is -0.490 e. The Morgan fingerprint density at radius 1 is 0.972 bits per heavy atom. The summed E-state index contributed by atoms with van der Waals surface area (Å²) in [7, 11) is -4.15. The van der Waals surface area contributed by atoms with Crippen molar-refractivity contribution in [3.05, 3.63) is 94.5 Å². The molecule has 0 spiro atoms. The number of rotatable bonds is 11. The Labute approximate surface area is 219 Å². The number of carbonyl (C=O) groups excluding carboxylic acids is 1. The quantitative estimate of drug-likeness (QED) is 0.147. The first-order chi connectivity index (χ1) is 17.2. The van der Waals surface area contributed by atoms with Crippen molar-refractivity contribution >= 4 is 45.4 Å². The minimum atomic E-state index is -4.15. The molecule has 0 aliphatic heterocycles. The number of amides is 1. The van der Waals surface area contributed by atoms with Gasteiger partial charge >= 0.3 is 10.1 Å². The van der Waals surface area contributed by atoms with E-state index in [0.29, 0.717) is 28.2 Å². The summed E-state index contributed by atoms with van der Waals surface area (Å²) in [5.41, 5.74) is 2.88. The highest BCUT2D eigenvalue weighted by Gasteiger charge is 2.18. The molecule has 36 heavy (non-hydrogen) atoms. The van der Waals surface area contributed by atoms with Crippen molar-refractivity contribution in [1.29, 1.82) is 0 Å². The van der Waals surface area contributed by atoms with E-state index in [0.717, 1.165) is 0 Å². The van der Waals surface area contributed by atoms with Gasteiger partial charge in [0.2, 0.25) is 0 Å². The largest absolute Gasteiger partial charge is 0.490 e. The highest BCUT2D eigenvalue weighted by atomic mass is 35.5. The van der Waals surface area contributed by atoms with Gasteiger partial charge in [0.25, 0.3) is 5.91 Å². The molecule has 0 saturated heterocycles. The van der Waals surface area contributed by atoms with Gasteiger partial charge in [0.1, 0.15) is 11.5 Å². The normalized spacial score (nSPS) is 11.2. The van der Waals surface area contributed by atoms with Crippen molar-refractivity contribution in [3.63, 3.8) is 0 Å². The Morgan fingerprint density at radius 2 is 1.67 bits per heavy atom. The molecule has 0 aromatic heterocycles. The summed E-state index contributed by atoms with van der Waals surface area (Å²) in [6.07, 6.45) is 2.82. The second kappa shape index (κ2) is 12.4. The predicted octanol–water partition coefficient (Wildman–Crippen LogP) is 5.49. The first-order valence-corrected chi connectivity index (χ1v) is 12.7. The summed E-state index contributed by atoms with van der Waals surface area (Å²) in [5.74, 6) is 0.309. The van der Waals surface area contributed by atoms with Gasteiger partial charge in [-0.25, -0.2) is 5.43 Å². The summed E-state index contributed by atoms with van der Waals surface area (Å²) in [5, 5.41) is 4.62. The van der Waals surface area contributed by atoms with Gasteiger partial charge in [0.05, 0.1) is 12.8 Å². The van der Waals surface area contributed by atoms with Crippen molar-refractivity contribution in [2.75, 3.05) is 13.2 Å². The van der Waals surface area contributed by atoms with Crippen LogP contribution in [0.15, 0.2) is 83.3 Å². The number of ether oxygens (including phenoxy) is 2. The standard InChI is InChI=1S/C25H22Cl2N2O6S/c1-3-13-34-23-11-5-17(15-24(23)33-4-2)25(30)29-28-16-18-14-20(27)8-12-22(18)35-36(31,32)21-9-6-19(26)7-10-21/h3,5-12,14-16H,1,4,13H2,2H3,(H,29,30)/b28-16+. The summed E-state index contributed by atoms with van der Waals surface area (Å²) < 4.78 is 41.7. The molecule has 0 radical (unpaired) electrons. The van der Waals surface area contributed by atoms with Crippen LogP contribution >= 0.6 is 23.2 Å². The van der Waals surface area contributed by atoms with E-state index in [2.05, 4.69) is 17.1 Å². The van der Waals surface area contributed by atoms with Crippen LogP contribution in [0, 0.1) is 0 Å². The predicted molar refractivity (Wildman–Crippen MR) is 139 cm³/mol. The Bertz CT molecular complexity index is 1380. The van der Waals surface area contributed by atoms with E-state index >= 15 is 0 Å². The summed E-state index contributed by atoms with van der Waals surface area (Å²) >= 11 is 11.9. The third kappa shape index (κ3) is 7.24. The summed E-state index contributed by atoms with van der Waals surface area (Å²) in [6, 6.07) is 14.5. The number of carbonyl (C=O) groups is 1. The molecule has 0 heterocycles. The minimum absolute atomic E-state index is 0.0327. The molecule has 0 aliphatic rings. The van der Waals surface area contributed by atoms with E-state index in [1.807, 2.05) is 6.92 Å². The average Bonchev–Trinajstić information content (AvgIpc) is 2.85. The zero-order valence-corrected chi connectivity index (χ0v) is 21.4. The zero-order chi connectivity index (χ0) is 26.1. The lowest BCUT2D eigenvalue weighted by molar-refractivity contribution is 0.0954. The van der Waals surface area contributed by atoms with Gasteiger partial charge in [-0.3, -0.25) is 4.79 Å². The fraction of sp³-hybridized carbons (Fsp3) is 0.120. The van der Waals surface area contributed by atoms with E-state index in [1.54, 1.807) is 18.2 Å². The number of nitrogens with one attached hydrogen (secondary N) is 1. The molecule has 3 aromatic rings. The SMILES string of the molecule is C=CCOc1ccc(C(=O)N/N=C/c2cc(Cl)ccc2OS(=O)(=O)c2ccc(Cl)cc2)cc1OCC. The van der Waals surface area contributed by atoms with Crippen molar-refractivity contribution in [2.45, 2.75) is 11.8 Å². The van der Waals surface area contributed by atoms with Gasteiger partial charge in [0.15, 0.2) is 17.2 Å². The third-order valence-corrected chi connectivity index (χ3v) is 6.24. The van der Waals surface area contributed by atoms with Gasteiger partial charge in [-0.2, -0.15) is 13.5 Å². The molecule has 3 aromatic carbocycles. The molecule has 0 saturated carbocycles. The van der Waals surface area contributed by atoms with Crippen LogP contribution < -0.4 is 19.1 Å². The molecule has 0 unspecified atom stereocenters. The van der Waals surface area contributed by atoms with E-state index < -0.39 is 16.0 Å². The van der Waals surface area contributed by atoms with Crippen molar-refractivity contribution < 1.29 is 26.9 Å². The van der Waals surface area contributed by atoms with Gasteiger partial charge in [-0.05, 0) is 67.6 Å². The van der Waals surface area contributed by atoms with Gasteiger partial charge in [-0.15, -0.1) is 0 Å². The zero-order valence-electron chi connectivity index (χ0n) is 19.1. The fourth-order valence-corrected chi connectivity index (χ4v) is 4.13. The molecule has 3 rings (SSSR count). The van der Waals surface area contributed by atoms with Crippen LogP contribution in [0.3, 0.4) is 0 Å². The first-order valence-electron chi connectivity index (χ1n) is 10.6. The Kier molecular flexibility index (Phi) is 9.35. The van der Waals surface area contributed by atoms with Crippen LogP contribution in [-0.4, -0.2) is 33.8 Å². The smallest absolute Gasteiger partial charge is 0.339 e. The lowest BCUT2D eigenvalue weighted by atomic mass is 10.2. The van der Waals surface area contributed by atoms with E-state index in [9.17, 15) is 13.2 Å². The molecule has 0 aliphatic carbocycles. The molecule has 0 atom stereocenters. The Balaban J connectivity index is 1.77. The molecule has 0 bridgehead atoms. The average molecular weight is 549 g/mol. The third-order valence-electron chi connectivity index (χ3n) is 4.51. The van der Waals surface area contributed by atoms with Crippen molar-refractivity contribution in [1.82, 2.24) is 5.43 Å². The second-order valence-electron chi connectivity index (χ2n) is 7.07. The number of hydrogen-bond acceptors (Lipinski definition) is 7. The van der Waals surface area contributed by atoms with Crippen LogP contribution in [0.5, 0.6) is 17.2 Å². The molecular formula is C25H22Cl2N2O6S. The van der Waals surface area contributed by atoms with Crippen LogP contribution in [-0.2, 0) is 10.1 Å². The lowest BCUT2D eigenvalue weighted by Crippen LogP contribution is -2.18. The highest BCUT2D eigenvalue weighted by Crippen LogP contribution is 2.29. The number of nitrogens with zero attached hydrogens (tertiary/aromatic N) is 1. The van der Waals surface area contributed by atoms with E-state index in [4.69, 9.17) is 36.9 Å². The molecular weight excluding hydrogens is 527 g/mol. The molecule has 188 valence electrons. The number of hydrogen-bond donors (Lipinski definition) is 1. The molecule has 0 fully saturated rings. The lowest BCUT2D eigenvalue weighted by Gasteiger charge is -2.12. The van der Waals surface area contributed by atoms with E-state index in [1.165, 1.54) is 54.7 Å². The maximum Gasteiger partial charge on any atom is 0.339 e. The fourth-order valence-electron chi connectivity index (χ4n) is 2.87. The van der Waals surface area contributed by atoms with Crippen molar-refractivity contribution in [3.8, 4) is 17.2 Å². The molecule has 8 nitrogen and oxygen atoms in total. The van der Waals surface area contributed by atoms with Crippen LogP contribution in [0.1, 0.15) is 22.8 Å². The van der Waals surface area contributed by atoms with Crippen molar-refractivity contribution in [2.24, 2.45) is 5.10 Å².